The van der Waals surface area contributed by atoms with Crippen molar-refractivity contribution >= 4 is 6.29 Å². The number of carbonyl (C=O) groups is 1. The van der Waals surface area contributed by atoms with E-state index in [0.717, 1.165) is 11.1 Å². The van der Waals surface area contributed by atoms with E-state index in [1.165, 1.54) is 0 Å². The molecule has 2 aromatic rings. The third-order valence-electron chi connectivity index (χ3n) is 2.63. The Morgan fingerprint density at radius 3 is 2.50 bits per heavy atom. The zero-order chi connectivity index (χ0) is 13.2. The van der Waals surface area contributed by atoms with Crippen molar-refractivity contribution < 1.29 is 9.90 Å². The number of hydrogen-bond donors (Lipinski definition) is 1. The fourth-order valence-electron chi connectivity index (χ4n) is 1.62. The lowest BCUT2D eigenvalue weighted by molar-refractivity contribution is 0.0739. The molecule has 18 heavy (non-hydrogen) atoms. The first-order valence-corrected chi connectivity index (χ1v) is 5.61. The van der Waals surface area contributed by atoms with Crippen LogP contribution in [0.3, 0.4) is 0 Å². The SMILES string of the molecule is CC(C)(O)c1ccc(-c2ccnc(C=O)c2)cn1. The average molecular weight is 242 g/mol. The van der Waals surface area contributed by atoms with Crippen molar-refractivity contribution in [2.45, 2.75) is 19.4 Å². The Hall–Kier alpha value is -2.07. The highest BCUT2D eigenvalue weighted by Gasteiger charge is 2.17. The minimum absolute atomic E-state index is 0.388. The number of carbonyl (C=O) groups excluding carboxylic acids is 1. The highest BCUT2D eigenvalue weighted by molar-refractivity contribution is 5.75. The fraction of sp³-hybridized carbons (Fsp3) is 0.214. The molecule has 92 valence electrons. The molecular weight excluding hydrogens is 228 g/mol. The molecule has 0 atom stereocenters. The lowest BCUT2D eigenvalue weighted by Crippen LogP contribution is -2.17. The van der Waals surface area contributed by atoms with Gasteiger partial charge in [0.25, 0.3) is 0 Å². The van der Waals surface area contributed by atoms with Crippen LogP contribution in [0.25, 0.3) is 11.1 Å². The summed E-state index contributed by atoms with van der Waals surface area (Å²) in [5.74, 6) is 0. The van der Waals surface area contributed by atoms with Gasteiger partial charge in [0.05, 0.1) is 5.69 Å². The molecule has 4 nitrogen and oxygen atoms in total. The molecule has 2 rings (SSSR count). The van der Waals surface area contributed by atoms with Gasteiger partial charge in [0.1, 0.15) is 11.3 Å². The van der Waals surface area contributed by atoms with Crippen molar-refractivity contribution in [1.29, 1.82) is 0 Å². The predicted octanol–water partition coefficient (Wildman–Crippen LogP) is 2.18. The molecule has 0 radical (unpaired) electrons. The first-order chi connectivity index (χ1) is 8.50. The van der Waals surface area contributed by atoms with E-state index >= 15 is 0 Å². The van der Waals surface area contributed by atoms with Gasteiger partial charge in [-0.05, 0) is 37.6 Å². The first kappa shape index (κ1) is 12.4. The van der Waals surface area contributed by atoms with Crippen LogP contribution in [-0.4, -0.2) is 21.4 Å². The van der Waals surface area contributed by atoms with Crippen molar-refractivity contribution in [3.63, 3.8) is 0 Å². The van der Waals surface area contributed by atoms with Gasteiger partial charge in [-0.3, -0.25) is 14.8 Å². The van der Waals surface area contributed by atoms with Crippen molar-refractivity contribution in [3.8, 4) is 11.1 Å². The predicted molar refractivity (Wildman–Crippen MR) is 68.1 cm³/mol. The van der Waals surface area contributed by atoms with Gasteiger partial charge >= 0.3 is 0 Å². The van der Waals surface area contributed by atoms with Gasteiger partial charge in [-0.25, -0.2) is 0 Å². The quantitative estimate of drug-likeness (QED) is 0.838. The molecule has 2 heterocycles. The van der Waals surface area contributed by atoms with Crippen LogP contribution in [0.2, 0.25) is 0 Å². The van der Waals surface area contributed by atoms with Crippen LogP contribution in [-0.2, 0) is 5.60 Å². The summed E-state index contributed by atoms with van der Waals surface area (Å²) in [6.45, 7) is 3.37. The molecule has 4 heteroatoms. The maximum atomic E-state index is 10.7. The van der Waals surface area contributed by atoms with Gasteiger partial charge < -0.3 is 5.11 Å². The summed E-state index contributed by atoms with van der Waals surface area (Å²) in [6.07, 6.45) is 3.97. The van der Waals surface area contributed by atoms with Gasteiger partial charge in [-0.15, -0.1) is 0 Å². The molecule has 0 spiro atoms. The highest BCUT2D eigenvalue weighted by atomic mass is 16.3. The van der Waals surface area contributed by atoms with Gasteiger partial charge in [0.2, 0.25) is 0 Å². The summed E-state index contributed by atoms with van der Waals surface area (Å²) >= 11 is 0. The molecule has 0 aliphatic carbocycles. The van der Waals surface area contributed by atoms with Crippen molar-refractivity contribution in [3.05, 3.63) is 48.0 Å². The molecule has 0 saturated heterocycles. The Bertz CT molecular complexity index is 557. The number of pyridine rings is 2. The van der Waals surface area contributed by atoms with E-state index in [9.17, 15) is 9.90 Å². The third kappa shape index (κ3) is 2.60. The number of rotatable bonds is 3. The zero-order valence-electron chi connectivity index (χ0n) is 10.3. The number of hydrogen-bond acceptors (Lipinski definition) is 4. The van der Waals surface area contributed by atoms with E-state index in [-0.39, 0.29) is 0 Å². The largest absolute Gasteiger partial charge is 0.384 e. The molecule has 0 saturated carbocycles. The van der Waals surface area contributed by atoms with Gasteiger partial charge in [-0.2, -0.15) is 0 Å². The maximum Gasteiger partial charge on any atom is 0.168 e. The normalized spacial score (nSPS) is 11.3. The smallest absolute Gasteiger partial charge is 0.168 e. The number of nitrogens with zero attached hydrogens (tertiary/aromatic N) is 2. The second kappa shape index (κ2) is 4.66. The van der Waals surface area contributed by atoms with Crippen LogP contribution in [0.1, 0.15) is 30.0 Å². The standard InChI is InChI=1S/C14H14N2O2/c1-14(2,18)13-4-3-11(8-16-13)10-5-6-15-12(7-10)9-17/h3-9,18H,1-2H3. The van der Waals surface area contributed by atoms with Crippen LogP contribution < -0.4 is 0 Å². The lowest BCUT2D eigenvalue weighted by atomic mass is 10.0. The topological polar surface area (TPSA) is 63.1 Å². The van der Waals surface area contributed by atoms with E-state index in [0.29, 0.717) is 17.7 Å². The van der Waals surface area contributed by atoms with E-state index in [1.807, 2.05) is 12.1 Å². The Balaban J connectivity index is 2.37. The zero-order valence-corrected chi connectivity index (χ0v) is 10.3. The molecule has 0 aliphatic rings. The van der Waals surface area contributed by atoms with Crippen LogP contribution in [0.5, 0.6) is 0 Å². The van der Waals surface area contributed by atoms with Crippen LogP contribution in [0.15, 0.2) is 36.7 Å². The molecule has 0 bridgehead atoms. The summed E-state index contributed by atoms with van der Waals surface area (Å²) < 4.78 is 0. The molecule has 0 unspecified atom stereocenters. The van der Waals surface area contributed by atoms with Crippen LogP contribution in [0.4, 0.5) is 0 Å². The molecule has 0 aromatic carbocycles. The highest BCUT2D eigenvalue weighted by Crippen LogP contribution is 2.22. The van der Waals surface area contributed by atoms with Gasteiger partial charge in [0, 0.05) is 18.0 Å². The minimum Gasteiger partial charge on any atom is -0.384 e. The summed E-state index contributed by atoms with van der Waals surface area (Å²) in [7, 11) is 0. The van der Waals surface area contributed by atoms with E-state index < -0.39 is 5.60 Å². The van der Waals surface area contributed by atoms with Gasteiger partial charge in [0.15, 0.2) is 6.29 Å². The Labute approximate surface area is 105 Å². The molecule has 1 N–H and O–H groups in total. The molecule has 2 aromatic heterocycles. The Morgan fingerprint density at radius 1 is 1.17 bits per heavy atom. The second-order valence-corrected chi connectivity index (χ2v) is 4.58. The molecular formula is C14H14N2O2. The monoisotopic (exact) mass is 242 g/mol. The summed E-state index contributed by atoms with van der Waals surface area (Å²) in [5, 5.41) is 9.81. The van der Waals surface area contributed by atoms with Gasteiger partial charge in [-0.1, -0.05) is 6.07 Å². The third-order valence-corrected chi connectivity index (χ3v) is 2.63. The lowest BCUT2D eigenvalue weighted by Gasteiger charge is -2.16. The van der Waals surface area contributed by atoms with E-state index in [4.69, 9.17) is 0 Å². The van der Waals surface area contributed by atoms with Crippen molar-refractivity contribution in [2.24, 2.45) is 0 Å². The van der Waals surface area contributed by atoms with Crippen molar-refractivity contribution in [1.82, 2.24) is 9.97 Å². The maximum absolute atomic E-state index is 10.7. The molecule has 0 aliphatic heterocycles. The average Bonchev–Trinajstić information content (AvgIpc) is 2.38. The van der Waals surface area contributed by atoms with Crippen molar-refractivity contribution in [2.75, 3.05) is 0 Å². The molecule has 0 amide bonds. The summed E-state index contributed by atoms with van der Waals surface area (Å²) in [6, 6.07) is 7.15. The first-order valence-electron chi connectivity index (χ1n) is 5.61. The second-order valence-electron chi connectivity index (χ2n) is 4.58. The summed E-state index contributed by atoms with van der Waals surface area (Å²) in [5.41, 5.74) is 1.80. The van der Waals surface area contributed by atoms with Crippen LogP contribution >= 0.6 is 0 Å². The number of aliphatic hydroxyl groups is 1. The summed E-state index contributed by atoms with van der Waals surface area (Å²) in [4.78, 5) is 18.8. The molecule has 0 fully saturated rings. The minimum atomic E-state index is -0.954. The van der Waals surface area contributed by atoms with E-state index in [1.54, 1.807) is 38.4 Å². The number of aldehydes is 1. The Morgan fingerprint density at radius 2 is 1.94 bits per heavy atom. The van der Waals surface area contributed by atoms with Crippen LogP contribution in [0, 0.1) is 0 Å². The Kier molecular flexibility index (Phi) is 3.21. The number of aromatic nitrogens is 2. The van der Waals surface area contributed by atoms with E-state index in [2.05, 4.69) is 9.97 Å². The fourth-order valence-corrected chi connectivity index (χ4v) is 1.62.